The van der Waals surface area contributed by atoms with Crippen molar-refractivity contribution in [3.63, 3.8) is 0 Å². The second-order valence-corrected chi connectivity index (χ2v) is 6.34. The minimum absolute atomic E-state index is 0.00423. The summed E-state index contributed by atoms with van der Waals surface area (Å²) in [6.45, 7) is 2.08. The zero-order valence-electron chi connectivity index (χ0n) is 9.67. The van der Waals surface area contributed by atoms with Gasteiger partial charge in [-0.1, -0.05) is 15.9 Å². The van der Waals surface area contributed by atoms with Gasteiger partial charge in [0.25, 0.3) is 10.1 Å². The average Bonchev–Trinajstić information content (AvgIpc) is 2.73. The lowest BCUT2D eigenvalue weighted by Crippen LogP contribution is -2.18. The van der Waals surface area contributed by atoms with E-state index >= 15 is 0 Å². The summed E-state index contributed by atoms with van der Waals surface area (Å²) in [5, 5.41) is 0. The van der Waals surface area contributed by atoms with Gasteiger partial charge in [-0.15, -0.1) is 0 Å². The van der Waals surface area contributed by atoms with Crippen molar-refractivity contribution in [2.45, 2.75) is 17.9 Å². The molecule has 0 bridgehead atoms. The molecule has 1 aromatic rings. The number of halogens is 1. The third kappa shape index (κ3) is 3.30. The Hall–Kier alpha value is -0.920. The van der Waals surface area contributed by atoms with Crippen LogP contribution in [0.5, 0.6) is 0 Å². The molecule has 0 fully saturated rings. The van der Waals surface area contributed by atoms with E-state index in [1.54, 1.807) is 19.1 Å². The fourth-order valence-electron chi connectivity index (χ4n) is 1.47. The summed E-state index contributed by atoms with van der Waals surface area (Å²) >= 11 is 3.24. The van der Waals surface area contributed by atoms with Crippen molar-refractivity contribution in [2.24, 2.45) is 4.99 Å². The third-order valence-electron chi connectivity index (χ3n) is 2.37. The standard InChI is InChI=1S/C11H12BrNO4S/c1-8-13-10(6-16-8)7-17-18(14,15)11-4-2-9(12)3-5-11/h2-5,10H,6-7H2,1H3/t10-/m0/s1. The van der Waals surface area contributed by atoms with Gasteiger partial charge in [-0.3, -0.25) is 4.18 Å². The number of rotatable bonds is 4. The van der Waals surface area contributed by atoms with Gasteiger partial charge in [0.05, 0.1) is 11.5 Å². The van der Waals surface area contributed by atoms with Gasteiger partial charge in [0.1, 0.15) is 12.6 Å². The zero-order valence-corrected chi connectivity index (χ0v) is 12.1. The Kier molecular flexibility index (Phi) is 4.04. The van der Waals surface area contributed by atoms with Crippen LogP contribution in [-0.2, 0) is 19.0 Å². The quantitative estimate of drug-likeness (QED) is 0.790. The highest BCUT2D eigenvalue weighted by atomic mass is 79.9. The number of nitrogens with zero attached hydrogens (tertiary/aromatic N) is 1. The molecule has 1 aromatic carbocycles. The van der Waals surface area contributed by atoms with Crippen molar-refractivity contribution in [2.75, 3.05) is 13.2 Å². The second kappa shape index (κ2) is 5.38. The maximum absolute atomic E-state index is 11.9. The Labute approximate surface area is 114 Å². The van der Waals surface area contributed by atoms with Crippen LogP contribution in [0, 0.1) is 0 Å². The Bertz CT molecular complexity index is 553. The first kappa shape index (κ1) is 13.5. The Morgan fingerprint density at radius 2 is 2.11 bits per heavy atom. The van der Waals surface area contributed by atoms with Gasteiger partial charge in [0.2, 0.25) is 0 Å². The molecule has 5 nitrogen and oxygen atoms in total. The molecule has 0 amide bonds. The predicted octanol–water partition coefficient (Wildman–Crippen LogP) is 1.97. The lowest BCUT2D eigenvalue weighted by molar-refractivity contribution is 0.246. The number of aliphatic imine (C=N–C) groups is 1. The van der Waals surface area contributed by atoms with Crippen molar-refractivity contribution in [3.05, 3.63) is 28.7 Å². The first-order valence-corrected chi connectivity index (χ1v) is 7.50. The summed E-state index contributed by atoms with van der Waals surface area (Å²) in [6, 6.07) is 6.02. The van der Waals surface area contributed by atoms with Gasteiger partial charge in [0, 0.05) is 11.4 Å². The maximum Gasteiger partial charge on any atom is 0.297 e. The van der Waals surface area contributed by atoms with E-state index in [0.29, 0.717) is 12.5 Å². The summed E-state index contributed by atoms with van der Waals surface area (Å²) in [4.78, 5) is 4.23. The molecule has 0 N–H and O–H groups in total. The van der Waals surface area contributed by atoms with Gasteiger partial charge in [-0.2, -0.15) is 8.42 Å². The number of benzene rings is 1. The van der Waals surface area contributed by atoms with Crippen LogP contribution in [0.15, 0.2) is 38.6 Å². The van der Waals surface area contributed by atoms with Gasteiger partial charge < -0.3 is 4.74 Å². The van der Waals surface area contributed by atoms with E-state index in [9.17, 15) is 8.42 Å². The van der Waals surface area contributed by atoms with Crippen LogP contribution >= 0.6 is 15.9 Å². The molecule has 2 rings (SSSR count). The van der Waals surface area contributed by atoms with Crippen molar-refractivity contribution >= 4 is 31.9 Å². The molecule has 18 heavy (non-hydrogen) atoms. The number of ether oxygens (including phenoxy) is 1. The first-order chi connectivity index (χ1) is 8.47. The monoisotopic (exact) mass is 333 g/mol. The van der Waals surface area contributed by atoms with Crippen molar-refractivity contribution < 1.29 is 17.3 Å². The highest BCUT2D eigenvalue weighted by Crippen LogP contribution is 2.17. The van der Waals surface area contributed by atoms with E-state index in [4.69, 9.17) is 8.92 Å². The molecule has 0 spiro atoms. The van der Waals surface area contributed by atoms with Gasteiger partial charge in [0.15, 0.2) is 5.90 Å². The summed E-state index contributed by atoms with van der Waals surface area (Å²) < 4.78 is 34.6. The maximum atomic E-state index is 11.9. The summed E-state index contributed by atoms with van der Waals surface area (Å²) in [7, 11) is -3.73. The second-order valence-electron chi connectivity index (χ2n) is 3.81. The van der Waals surface area contributed by atoms with E-state index in [0.717, 1.165) is 4.47 Å². The van der Waals surface area contributed by atoms with Crippen LogP contribution in [0.4, 0.5) is 0 Å². The largest absolute Gasteiger partial charge is 0.479 e. The summed E-state index contributed by atoms with van der Waals surface area (Å²) in [5.74, 6) is 0.560. The van der Waals surface area contributed by atoms with E-state index in [-0.39, 0.29) is 17.5 Å². The van der Waals surface area contributed by atoms with E-state index < -0.39 is 10.1 Å². The van der Waals surface area contributed by atoms with Gasteiger partial charge in [-0.05, 0) is 24.3 Å². The Morgan fingerprint density at radius 3 is 2.67 bits per heavy atom. The molecule has 0 aromatic heterocycles. The highest BCUT2D eigenvalue weighted by molar-refractivity contribution is 9.10. The minimum Gasteiger partial charge on any atom is -0.479 e. The summed E-state index contributed by atoms with van der Waals surface area (Å²) in [6.07, 6.45) is 0. The van der Waals surface area contributed by atoms with Crippen molar-refractivity contribution in [1.29, 1.82) is 0 Å². The molecule has 0 unspecified atom stereocenters. The molecule has 1 aliphatic heterocycles. The fourth-order valence-corrected chi connectivity index (χ4v) is 2.68. The molecule has 98 valence electrons. The van der Waals surface area contributed by atoms with Crippen LogP contribution in [0.3, 0.4) is 0 Å². The van der Waals surface area contributed by atoms with Crippen LogP contribution in [0.2, 0.25) is 0 Å². The molecule has 1 aliphatic rings. The normalized spacial score (nSPS) is 19.4. The van der Waals surface area contributed by atoms with Crippen LogP contribution in [0.1, 0.15) is 6.92 Å². The summed E-state index contributed by atoms with van der Waals surface area (Å²) in [5.41, 5.74) is 0. The lowest BCUT2D eigenvalue weighted by Gasteiger charge is -2.07. The minimum atomic E-state index is -3.73. The molecular formula is C11H12BrNO4S. The lowest BCUT2D eigenvalue weighted by atomic mass is 10.4. The molecule has 7 heteroatoms. The van der Waals surface area contributed by atoms with Gasteiger partial charge >= 0.3 is 0 Å². The van der Waals surface area contributed by atoms with E-state index in [1.165, 1.54) is 12.1 Å². The van der Waals surface area contributed by atoms with Gasteiger partial charge in [-0.25, -0.2) is 4.99 Å². The topological polar surface area (TPSA) is 65.0 Å². The predicted molar refractivity (Wildman–Crippen MR) is 70.1 cm³/mol. The van der Waals surface area contributed by atoms with Crippen molar-refractivity contribution in [1.82, 2.24) is 0 Å². The molecular weight excluding hydrogens is 322 g/mol. The molecule has 1 atom stereocenters. The highest BCUT2D eigenvalue weighted by Gasteiger charge is 2.21. The number of hydrogen-bond acceptors (Lipinski definition) is 5. The molecule has 0 aliphatic carbocycles. The SMILES string of the molecule is CC1=N[C@H](COS(=O)(=O)c2ccc(Br)cc2)CO1. The van der Waals surface area contributed by atoms with Crippen LogP contribution < -0.4 is 0 Å². The van der Waals surface area contributed by atoms with E-state index in [1.807, 2.05) is 0 Å². The van der Waals surface area contributed by atoms with Crippen LogP contribution in [0.25, 0.3) is 0 Å². The molecule has 1 heterocycles. The number of hydrogen-bond donors (Lipinski definition) is 0. The first-order valence-electron chi connectivity index (χ1n) is 5.29. The van der Waals surface area contributed by atoms with E-state index in [2.05, 4.69) is 20.9 Å². The fraction of sp³-hybridized carbons (Fsp3) is 0.364. The smallest absolute Gasteiger partial charge is 0.297 e. The molecule has 0 radical (unpaired) electrons. The Balaban J connectivity index is 2.01. The van der Waals surface area contributed by atoms with Crippen molar-refractivity contribution in [3.8, 4) is 0 Å². The zero-order chi connectivity index (χ0) is 13.2. The molecule has 0 saturated heterocycles. The van der Waals surface area contributed by atoms with Crippen LogP contribution in [-0.4, -0.2) is 33.6 Å². The average molecular weight is 334 g/mol. The molecule has 0 saturated carbocycles. The third-order valence-corrected chi connectivity index (χ3v) is 4.19. The Morgan fingerprint density at radius 1 is 1.44 bits per heavy atom.